The summed E-state index contributed by atoms with van der Waals surface area (Å²) in [6, 6.07) is 9.41. The van der Waals surface area contributed by atoms with Crippen LogP contribution in [0.1, 0.15) is 47.8 Å². The molecule has 1 aliphatic carbocycles. The van der Waals surface area contributed by atoms with Crippen molar-refractivity contribution in [3.05, 3.63) is 47.6 Å². The third kappa shape index (κ3) is 3.07. The van der Waals surface area contributed by atoms with Gasteiger partial charge in [0.15, 0.2) is 11.5 Å². The van der Waals surface area contributed by atoms with Crippen molar-refractivity contribution < 1.29 is 14.1 Å². The van der Waals surface area contributed by atoms with E-state index in [0.717, 1.165) is 29.7 Å². The van der Waals surface area contributed by atoms with Crippen LogP contribution in [-0.4, -0.2) is 32.1 Å². The van der Waals surface area contributed by atoms with Gasteiger partial charge in [0.1, 0.15) is 11.4 Å². The van der Waals surface area contributed by atoms with E-state index in [1.807, 2.05) is 35.8 Å². The van der Waals surface area contributed by atoms with Crippen molar-refractivity contribution in [3.63, 3.8) is 0 Å². The average Bonchev–Trinajstić information content (AvgIpc) is 3.36. The number of amides is 2. The largest absolute Gasteiger partial charge is 0.368 e. The van der Waals surface area contributed by atoms with Crippen molar-refractivity contribution in [2.24, 2.45) is 5.73 Å². The number of hydrogen-bond acceptors (Lipinski definition) is 5. The van der Waals surface area contributed by atoms with Gasteiger partial charge in [0.2, 0.25) is 5.91 Å². The highest BCUT2D eigenvalue weighted by atomic mass is 16.5. The van der Waals surface area contributed by atoms with E-state index in [4.69, 9.17) is 10.3 Å². The maximum atomic E-state index is 12.5. The summed E-state index contributed by atoms with van der Waals surface area (Å²) in [5.74, 6) is 0.429. The molecule has 1 aliphatic rings. The van der Waals surface area contributed by atoms with Gasteiger partial charge in [-0.25, -0.2) is 4.98 Å². The van der Waals surface area contributed by atoms with Gasteiger partial charge < -0.3 is 20.1 Å². The molecular formula is C19H21N5O3. The molecule has 27 heavy (non-hydrogen) atoms. The summed E-state index contributed by atoms with van der Waals surface area (Å²) in [5.41, 5.74) is 6.56. The topological polar surface area (TPSA) is 116 Å². The quantitative estimate of drug-likeness (QED) is 0.714. The number of nitrogens with two attached hydrogens (primary N) is 1. The molecule has 0 saturated heterocycles. The molecule has 1 saturated carbocycles. The fraction of sp³-hybridized carbons (Fsp3) is 0.368. The van der Waals surface area contributed by atoms with Crippen molar-refractivity contribution in [2.75, 3.05) is 0 Å². The number of imidazole rings is 1. The van der Waals surface area contributed by atoms with Gasteiger partial charge in [0.05, 0.1) is 17.6 Å². The van der Waals surface area contributed by atoms with E-state index in [0.29, 0.717) is 25.1 Å². The molecule has 0 unspecified atom stereocenters. The summed E-state index contributed by atoms with van der Waals surface area (Å²) in [4.78, 5) is 28.9. The molecule has 0 aliphatic heterocycles. The Labute approximate surface area is 155 Å². The van der Waals surface area contributed by atoms with Crippen LogP contribution in [0.3, 0.4) is 0 Å². The van der Waals surface area contributed by atoms with Gasteiger partial charge in [0.25, 0.3) is 5.91 Å². The minimum absolute atomic E-state index is 0.139. The highest BCUT2D eigenvalue weighted by Crippen LogP contribution is 2.29. The first-order valence-electron chi connectivity index (χ1n) is 8.98. The van der Waals surface area contributed by atoms with E-state index >= 15 is 0 Å². The molecule has 0 atom stereocenters. The molecule has 0 radical (unpaired) electrons. The van der Waals surface area contributed by atoms with Crippen LogP contribution in [0.25, 0.3) is 11.0 Å². The van der Waals surface area contributed by atoms with Crippen LogP contribution in [-0.2, 0) is 11.3 Å². The number of nitrogens with zero attached hydrogens (tertiary/aromatic N) is 3. The smallest absolute Gasteiger partial charge is 0.274 e. The maximum Gasteiger partial charge on any atom is 0.274 e. The molecule has 8 nitrogen and oxygen atoms in total. The second-order valence-corrected chi connectivity index (χ2v) is 7.02. The first kappa shape index (κ1) is 17.3. The second-order valence-electron chi connectivity index (χ2n) is 7.02. The summed E-state index contributed by atoms with van der Waals surface area (Å²) < 4.78 is 7.34. The molecule has 140 valence electrons. The van der Waals surface area contributed by atoms with Gasteiger partial charge in [-0.2, -0.15) is 0 Å². The van der Waals surface area contributed by atoms with Crippen LogP contribution in [0.2, 0.25) is 0 Å². The SMILES string of the molecule is Cc1nc2ccccc2n1Cc1cc(C(=O)NC2(C(N)=O)CCCC2)no1. The van der Waals surface area contributed by atoms with Gasteiger partial charge in [-0.1, -0.05) is 30.1 Å². The molecule has 2 heterocycles. The van der Waals surface area contributed by atoms with Crippen molar-refractivity contribution in [1.82, 2.24) is 20.0 Å². The number of fused-ring (bicyclic) bond motifs is 1. The number of nitrogens with one attached hydrogen (secondary N) is 1. The predicted molar refractivity (Wildman–Crippen MR) is 97.9 cm³/mol. The number of aromatic nitrogens is 3. The Kier molecular flexibility index (Phi) is 4.18. The lowest BCUT2D eigenvalue weighted by atomic mass is 9.96. The molecule has 1 aromatic carbocycles. The molecule has 3 N–H and O–H groups in total. The van der Waals surface area contributed by atoms with E-state index in [9.17, 15) is 9.59 Å². The molecule has 3 aromatic rings. The van der Waals surface area contributed by atoms with Gasteiger partial charge in [-0.3, -0.25) is 9.59 Å². The summed E-state index contributed by atoms with van der Waals surface area (Å²) in [6.45, 7) is 2.33. The number of primary amides is 1. The van der Waals surface area contributed by atoms with Gasteiger partial charge in [-0.15, -0.1) is 0 Å². The Morgan fingerprint density at radius 3 is 2.78 bits per heavy atom. The number of rotatable bonds is 5. The molecule has 2 amide bonds. The fourth-order valence-corrected chi connectivity index (χ4v) is 3.74. The van der Waals surface area contributed by atoms with Crippen molar-refractivity contribution in [1.29, 1.82) is 0 Å². The first-order chi connectivity index (χ1) is 13.0. The minimum Gasteiger partial charge on any atom is -0.368 e. The summed E-state index contributed by atoms with van der Waals surface area (Å²) in [6.07, 6.45) is 2.83. The van der Waals surface area contributed by atoms with E-state index in [1.165, 1.54) is 0 Å². The Morgan fingerprint density at radius 1 is 1.30 bits per heavy atom. The highest BCUT2D eigenvalue weighted by Gasteiger charge is 2.41. The number of carbonyl (C=O) groups is 2. The number of para-hydroxylation sites is 2. The van der Waals surface area contributed by atoms with Crippen LogP contribution in [0.4, 0.5) is 0 Å². The Bertz CT molecular complexity index is 1010. The predicted octanol–water partition coefficient (Wildman–Crippen LogP) is 1.91. The van der Waals surface area contributed by atoms with Crippen molar-refractivity contribution in [2.45, 2.75) is 44.7 Å². The zero-order valence-electron chi connectivity index (χ0n) is 15.1. The van der Waals surface area contributed by atoms with Crippen molar-refractivity contribution >= 4 is 22.8 Å². The van der Waals surface area contributed by atoms with Gasteiger partial charge >= 0.3 is 0 Å². The lowest BCUT2D eigenvalue weighted by molar-refractivity contribution is -0.123. The van der Waals surface area contributed by atoms with E-state index in [1.54, 1.807) is 6.07 Å². The number of carbonyl (C=O) groups excluding carboxylic acids is 2. The second kappa shape index (κ2) is 6.53. The maximum absolute atomic E-state index is 12.5. The van der Waals surface area contributed by atoms with Gasteiger partial charge in [-0.05, 0) is 31.9 Å². The summed E-state index contributed by atoms with van der Waals surface area (Å²) in [5, 5.41) is 6.63. The van der Waals surface area contributed by atoms with Crippen LogP contribution >= 0.6 is 0 Å². The summed E-state index contributed by atoms with van der Waals surface area (Å²) in [7, 11) is 0. The number of benzene rings is 1. The van der Waals surface area contributed by atoms with Crippen LogP contribution in [0, 0.1) is 6.92 Å². The van der Waals surface area contributed by atoms with Crippen LogP contribution < -0.4 is 11.1 Å². The highest BCUT2D eigenvalue weighted by molar-refractivity contribution is 5.97. The Balaban J connectivity index is 1.54. The molecular weight excluding hydrogens is 346 g/mol. The van der Waals surface area contributed by atoms with Crippen LogP contribution in [0.5, 0.6) is 0 Å². The van der Waals surface area contributed by atoms with Gasteiger partial charge in [0, 0.05) is 6.07 Å². The Hall–Kier alpha value is -3.16. The van der Waals surface area contributed by atoms with E-state index in [-0.39, 0.29) is 5.69 Å². The fourth-order valence-electron chi connectivity index (χ4n) is 3.74. The zero-order valence-corrected chi connectivity index (χ0v) is 15.1. The van der Waals surface area contributed by atoms with E-state index < -0.39 is 17.4 Å². The standard InChI is InChI=1S/C19H21N5O3/c1-12-21-14-6-2-3-7-16(14)24(12)11-13-10-15(23-27-13)17(25)22-19(18(20)26)8-4-5-9-19/h2-3,6-7,10H,4-5,8-9,11H2,1H3,(H2,20,26)(H,22,25). The minimum atomic E-state index is -0.979. The van der Waals surface area contributed by atoms with Crippen LogP contribution in [0.15, 0.2) is 34.9 Å². The molecule has 8 heteroatoms. The molecule has 4 rings (SSSR count). The number of hydrogen-bond donors (Lipinski definition) is 2. The van der Waals surface area contributed by atoms with E-state index in [2.05, 4.69) is 15.5 Å². The third-order valence-corrected chi connectivity index (χ3v) is 5.23. The lowest BCUT2D eigenvalue weighted by Crippen LogP contribution is -2.55. The molecule has 0 bridgehead atoms. The Morgan fingerprint density at radius 2 is 2.04 bits per heavy atom. The number of aryl methyl sites for hydroxylation is 1. The normalized spacial score (nSPS) is 15.9. The molecule has 0 spiro atoms. The molecule has 1 fully saturated rings. The lowest BCUT2D eigenvalue weighted by Gasteiger charge is -2.25. The molecule has 2 aromatic heterocycles. The third-order valence-electron chi connectivity index (χ3n) is 5.23. The first-order valence-corrected chi connectivity index (χ1v) is 8.98. The van der Waals surface area contributed by atoms with Crippen molar-refractivity contribution in [3.8, 4) is 0 Å². The zero-order chi connectivity index (χ0) is 19.0. The average molecular weight is 367 g/mol. The monoisotopic (exact) mass is 367 g/mol. The summed E-state index contributed by atoms with van der Waals surface area (Å²) >= 11 is 0.